The molecule has 5 heteroatoms. The molecule has 0 heterocycles. The third-order valence-corrected chi connectivity index (χ3v) is 0.691. The predicted molar refractivity (Wildman–Crippen MR) is 29.2 cm³/mol. The molecule has 0 saturated carbocycles. The van der Waals surface area contributed by atoms with Gasteiger partial charge in [0.2, 0.25) is 0 Å². The van der Waals surface area contributed by atoms with Gasteiger partial charge in [0.25, 0.3) is 0 Å². The van der Waals surface area contributed by atoms with Crippen LogP contribution in [0.15, 0.2) is 0 Å². The second-order valence-electron chi connectivity index (χ2n) is 1.62. The summed E-state index contributed by atoms with van der Waals surface area (Å²) < 4.78 is 4.37. The Morgan fingerprint density at radius 3 is 2.22 bits per heavy atom. The number of hydrogen-bond donors (Lipinski definition) is 1. The first kappa shape index (κ1) is 8.32. The molecule has 0 aromatic heterocycles. The van der Waals surface area contributed by atoms with E-state index in [0.717, 1.165) is 0 Å². The molecule has 0 aromatic rings. The van der Waals surface area contributed by atoms with Crippen molar-refractivity contribution in [3.8, 4) is 0 Å². The second kappa shape index (κ2) is 3.37. The summed E-state index contributed by atoms with van der Waals surface area (Å²) in [5.41, 5.74) is 0. The van der Waals surface area contributed by atoms with Gasteiger partial charge < -0.3 is 5.11 Å². The van der Waals surface area contributed by atoms with Gasteiger partial charge in [0.05, 0.1) is 4.92 Å². The van der Waals surface area contributed by atoms with Gasteiger partial charge in [-0.25, -0.2) is 0 Å². The number of rotatable bonds is 3. The van der Waals surface area contributed by atoms with Crippen molar-refractivity contribution >= 4 is 0 Å². The highest BCUT2D eigenvalue weighted by Crippen LogP contribution is 1.94. The topological polar surface area (TPSA) is 72.6 Å². The molecule has 0 aliphatic carbocycles. The van der Waals surface area contributed by atoms with Crippen LogP contribution >= 0.6 is 0 Å². The van der Waals surface area contributed by atoms with Crippen LogP contribution in [-0.4, -0.2) is 22.5 Å². The van der Waals surface area contributed by atoms with Gasteiger partial charge in [-0.1, -0.05) is 0 Å². The van der Waals surface area contributed by atoms with Gasteiger partial charge >= 0.3 is 6.23 Å². The lowest BCUT2D eigenvalue weighted by atomic mass is 10.6. The second-order valence-corrected chi connectivity index (χ2v) is 1.62. The Hall–Kier alpha value is -0.680. The van der Waals surface area contributed by atoms with E-state index in [0.29, 0.717) is 0 Å². The minimum absolute atomic E-state index is 0.618. The largest absolute Gasteiger partial charge is 0.368 e. The van der Waals surface area contributed by atoms with Crippen molar-refractivity contribution in [3.05, 3.63) is 10.1 Å². The van der Waals surface area contributed by atoms with Crippen LogP contribution in [0.1, 0.15) is 13.8 Å². The monoisotopic (exact) mass is 135 g/mol. The van der Waals surface area contributed by atoms with E-state index in [1.165, 1.54) is 13.8 Å². The highest BCUT2D eigenvalue weighted by atomic mass is 16.7. The molecule has 2 unspecified atom stereocenters. The number of aliphatic hydroxyl groups is 1. The molecule has 2 atom stereocenters. The average molecular weight is 135 g/mol. The maximum atomic E-state index is 9.80. The van der Waals surface area contributed by atoms with Gasteiger partial charge in [0, 0.05) is 6.92 Å². The molecule has 9 heavy (non-hydrogen) atoms. The number of nitrogens with zero attached hydrogens (tertiary/aromatic N) is 1. The van der Waals surface area contributed by atoms with E-state index in [-0.39, 0.29) is 0 Å². The molecule has 1 N–H and O–H groups in total. The molecular weight excluding hydrogens is 126 g/mol. The average Bonchev–Trinajstić information content (AvgIpc) is 1.63. The van der Waals surface area contributed by atoms with Crippen LogP contribution in [-0.2, 0) is 4.74 Å². The molecule has 0 aromatic carbocycles. The lowest BCUT2D eigenvalue weighted by molar-refractivity contribution is -0.579. The van der Waals surface area contributed by atoms with Gasteiger partial charge in [-0.05, 0) is 6.92 Å². The summed E-state index contributed by atoms with van der Waals surface area (Å²) >= 11 is 0. The van der Waals surface area contributed by atoms with Crippen LogP contribution < -0.4 is 0 Å². The van der Waals surface area contributed by atoms with Gasteiger partial charge in [-0.2, -0.15) is 0 Å². The van der Waals surface area contributed by atoms with Gasteiger partial charge in [-0.15, -0.1) is 0 Å². The van der Waals surface area contributed by atoms with Crippen LogP contribution in [0.25, 0.3) is 0 Å². The van der Waals surface area contributed by atoms with E-state index in [9.17, 15) is 10.1 Å². The van der Waals surface area contributed by atoms with Crippen LogP contribution in [0.5, 0.6) is 0 Å². The van der Waals surface area contributed by atoms with E-state index in [4.69, 9.17) is 5.11 Å². The summed E-state index contributed by atoms with van der Waals surface area (Å²) in [6.45, 7) is 2.58. The van der Waals surface area contributed by atoms with Crippen molar-refractivity contribution in [3.63, 3.8) is 0 Å². The number of ether oxygens (including phenoxy) is 1. The Labute approximate surface area is 52.4 Å². The van der Waals surface area contributed by atoms with Crippen molar-refractivity contribution in [1.29, 1.82) is 0 Å². The summed E-state index contributed by atoms with van der Waals surface area (Å²) in [6, 6.07) is 0. The number of hydrogen-bond acceptors (Lipinski definition) is 4. The fraction of sp³-hybridized carbons (Fsp3) is 1.00. The van der Waals surface area contributed by atoms with E-state index in [1.54, 1.807) is 0 Å². The zero-order valence-corrected chi connectivity index (χ0v) is 5.27. The molecule has 0 aliphatic rings. The highest BCUT2D eigenvalue weighted by molar-refractivity contribution is 4.29. The quantitative estimate of drug-likeness (QED) is 0.335. The molecule has 0 saturated heterocycles. The fourth-order valence-corrected chi connectivity index (χ4v) is 0.335. The Morgan fingerprint density at radius 1 is 1.67 bits per heavy atom. The molecule has 0 fully saturated rings. The molecule has 5 nitrogen and oxygen atoms in total. The summed E-state index contributed by atoms with van der Waals surface area (Å²) in [6.07, 6.45) is -2.21. The lowest BCUT2D eigenvalue weighted by Crippen LogP contribution is -2.23. The Kier molecular flexibility index (Phi) is 3.11. The van der Waals surface area contributed by atoms with Crippen LogP contribution in [0.4, 0.5) is 0 Å². The van der Waals surface area contributed by atoms with E-state index >= 15 is 0 Å². The SMILES string of the molecule is CC(O)OC(C)[N+](=O)[O-]. The maximum absolute atomic E-state index is 9.80. The minimum atomic E-state index is -1.13. The molecule has 0 bridgehead atoms. The highest BCUT2D eigenvalue weighted by Gasteiger charge is 2.14. The van der Waals surface area contributed by atoms with Crippen LogP contribution in [0.2, 0.25) is 0 Å². The minimum Gasteiger partial charge on any atom is -0.368 e. The van der Waals surface area contributed by atoms with Crippen molar-refractivity contribution in [2.24, 2.45) is 0 Å². The molecule has 54 valence electrons. The summed E-state index contributed by atoms with van der Waals surface area (Å²) in [5, 5.41) is 18.2. The summed E-state index contributed by atoms with van der Waals surface area (Å²) in [4.78, 5) is 9.19. The van der Waals surface area contributed by atoms with E-state index < -0.39 is 17.4 Å². The number of aliphatic hydroxyl groups excluding tert-OH is 1. The molecule has 0 rings (SSSR count). The van der Waals surface area contributed by atoms with Gasteiger partial charge in [0.15, 0.2) is 6.29 Å². The van der Waals surface area contributed by atoms with Gasteiger partial charge in [0.1, 0.15) is 0 Å². The van der Waals surface area contributed by atoms with Crippen molar-refractivity contribution in [1.82, 2.24) is 0 Å². The first-order valence-electron chi connectivity index (χ1n) is 2.51. The normalized spacial score (nSPS) is 16.8. The zero-order valence-electron chi connectivity index (χ0n) is 5.27. The van der Waals surface area contributed by atoms with E-state index in [2.05, 4.69) is 4.74 Å². The van der Waals surface area contributed by atoms with Crippen LogP contribution in [0, 0.1) is 10.1 Å². The Bertz CT molecular complexity index is 103. The molecule has 0 amide bonds. The number of nitro groups is 1. The summed E-state index contributed by atoms with van der Waals surface area (Å²) in [5.74, 6) is 0. The third-order valence-electron chi connectivity index (χ3n) is 0.691. The van der Waals surface area contributed by atoms with Gasteiger partial charge in [-0.3, -0.25) is 14.9 Å². The van der Waals surface area contributed by atoms with E-state index in [1.807, 2.05) is 0 Å². The smallest absolute Gasteiger partial charge is 0.314 e. The van der Waals surface area contributed by atoms with Crippen molar-refractivity contribution in [2.75, 3.05) is 0 Å². The Balaban J connectivity index is 3.50. The first-order chi connectivity index (χ1) is 4.04. The van der Waals surface area contributed by atoms with Crippen molar-refractivity contribution in [2.45, 2.75) is 26.4 Å². The third kappa shape index (κ3) is 3.87. The van der Waals surface area contributed by atoms with Crippen molar-refractivity contribution < 1.29 is 14.8 Å². The van der Waals surface area contributed by atoms with Crippen LogP contribution in [0.3, 0.4) is 0 Å². The molecule has 0 aliphatic heterocycles. The molecule has 0 spiro atoms. The maximum Gasteiger partial charge on any atom is 0.314 e. The predicted octanol–water partition coefficient (Wildman–Crippen LogP) is -0.0360. The molecular formula is C4H9NO4. The first-order valence-corrected chi connectivity index (χ1v) is 2.51. The molecule has 0 radical (unpaired) electrons. The Morgan fingerprint density at radius 2 is 2.11 bits per heavy atom. The lowest BCUT2D eigenvalue weighted by Gasteiger charge is -2.06. The standard InChI is InChI=1S/C4H9NO4/c1-3(5(7)8)9-4(2)6/h3-4,6H,1-2H3. The fourth-order valence-electron chi connectivity index (χ4n) is 0.335. The zero-order chi connectivity index (χ0) is 7.44. The summed E-state index contributed by atoms with van der Waals surface area (Å²) in [7, 11) is 0.